The van der Waals surface area contributed by atoms with Gasteiger partial charge >= 0.3 is 5.97 Å². The first-order valence-electron chi connectivity index (χ1n) is 6.27. The van der Waals surface area contributed by atoms with E-state index in [0.29, 0.717) is 5.56 Å². The molecule has 0 amide bonds. The quantitative estimate of drug-likeness (QED) is 0.713. The zero-order valence-corrected chi connectivity index (χ0v) is 11.9. The Morgan fingerprint density at radius 3 is 2.62 bits per heavy atom. The molecule has 1 aromatic carbocycles. The summed E-state index contributed by atoms with van der Waals surface area (Å²) >= 11 is 0. The first-order chi connectivity index (χ1) is 9.99. The number of H-pyrrole nitrogens is 1. The summed E-state index contributed by atoms with van der Waals surface area (Å²) in [6, 6.07) is 8.25. The summed E-state index contributed by atoms with van der Waals surface area (Å²) in [5.74, 6) is -0.974. The highest BCUT2D eigenvalue weighted by molar-refractivity contribution is 7.89. The maximum Gasteiger partial charge on any atom is 0.303 e. The molecular weight excluding hydrogens is 294 g/mol. The van der Waals surface area contributed by atoms with Crippen LogP contribution in [0, 0.1) is 0 Å². The third kappa shape index (κ3) is 4.14. The lowest BCUT2D eigenvalue weighted by Crippen LogP contribution is -2.29. The van der Waals surface area contributed by atoms with E-state index >= 15 is 0 Å². The van der Waals surface area contributed by atoms with Crippen molar-refractivity contribution in [3.63, 3.8) is 0 Å². The van der Waals surface area contributed by atoms with E-state index in [4.69, 9.17) is 5.11 Å². The minimum atomic E-state index is -3.75. The number of benzene rings is 1. The Balaban J connectivity index is 2.22. The number of sulfonamides is 1. The highest BCUT2D eigenvalue weighted by atomic mass is 32.2. The third-order valence-corrected chi connectivity index (χ3v) is 4.37. The van der Waals surface area contributed by atoms with Crippen LogP contribution >= 0.6 is 0 Å². The van der Waals surface area contributed by atoms with Crippen LogP contribution in [0.1, 0.15) is 24.4 Å². The van der Waals surface area contributed by atoms with Crippen molar-refractivity contribution in [3.8, 4) is 0 Å². The highest BCUT2D eigenvalue weighted by Gasteiger charge is 2.22. The van der Waals surface area contributed by atoms with Crippen molar-refractivity contribution in [3.05, 3.63) is 48.3 Å². The minimum Gasteiger partial charge on any atom is -0.481 e. The second-order valence-electron chi connectivity index (χ2n) is 4.45. The number of hydrogen-bond acceptors (Lipinski definition) is 4. The maximum absolute atomic E-state index is 12.2. The molecule has 0 aliphatic carbocycles. The van der Waals surface area contributed by atoms with Gasteiger partial charge in [-0.2, -0.15) is 5.10 Å². The van der Waals surface area contributed by atoms with Gasteiger partial charge in [-0.15, -0.1) is 0 Å². The fourth-order valence-corrected chi connectivity index (χ4v) is 3.05. The van der Waals surface area contributed by atoms with Gasteiger partial charge in [0.15, 0.2) is 0 Å². The molecule has 1 heterocycles. The van der Waals surface area contributed by atoms with Crippen LogP contribution in [-0.4, -0.2) is 29.7 Å². The van der Waals surface area contributed by atoms with Crippen molar-refractivity contribution >= 4 is 16.0 Å². The lowest BCUT2D eigenvalue weighted by atomic mass is 10.0. The van der Waals surface area contributed by atoms with E-state index in [1.54, 1.807) is 24.3 Å². The Labute approximate surface area is 122 Å². The molecule has 21 heavy (non-hydrogen) atoms. The number of nitrogens with one attached hydrogen (secondary N) is 2. The Morgan fingerprint density at radius 2 is 2.05 bits per heavy atom. The lowest BCUT2D eigenvalue weighted by Gasteiger charge is -2.18. The van der Waals surface area contributed by atoms with E-state index in [1.165, 1.54) is 12.4 Å². The minimum absolute atomic E-state index is 0.0127. The van der Waals surface area contributed by atoms with Crippen molar-refractivity contribution in [1.82, 2.24) is 14.9 Å². The maximum atomic E-state index is 12.2. The van der Waals surface area contributed by atoms with Gasteiger partial charge in [0.05, 0.1) is 6.20 Å². The standard InChI is InChI=1S/C13H15N3O4S/c17-13(18)7-6-12(10-4-2-1-3-5-10)16-21(19,20)11-8-14-15-9-11/h1-5,8-9,12,16H,6-7H2,(H,14,15)(H,17,18). The van der Waals surface area contributed by atoms with Crippen molar-refractivity contribution in [2.45, 2.75) is 23.8 Å². The summed E-state index contributed by atoms with van der Waals surface area (Å²) in [5.41, 5.74) is 0.714. The van der Waals surface area contributed by atoms with E-state index in [9.17, 15) is 13.2 Å². The fraction of sp³-hybridized carbons (Fsp3) is 0.231. The molecule has 112 valence electrons. The van der Waals surface area contributed by atoms with E-state index in [2.05, 4.69) is 14.9 Å². The van der Waals surface area contributed by atoms with Crippen LogP contribution in [0.4, 0.5) is 0 Å². The number of carboxylic acid groups (broad SMARTS) is 1. The second kappa shape index (κ2) is 6.51. The predicted octanol–water partition coefficient (Wildman–Crippen LogP) is 1.29. The molecule has 1 atom stereocenters. The molecule has 0 spiro atoms. The predicted molar refractivity (Wildman–Crippen MR) is 75.0 cm³/mol. The van der Waals surface area contributed by atoms with Crippen LogP contribution in [0.2, 0.25) is 0 Å². The van der Waals surface area contributed by atoms with Crippen molar-refractivity contribution < 1.29 is 18.3 Å². The van der Waals surface area contributed by atoms with Gasteiger partial charge in [0.25, 0.3) is 0 Å². The fourth-order valence-electron chi connectivity index (χ4n) is 1.89. The summed E-state index contributed by atoms with van der Waals surface area (Å²) < 4.78 is 26.9. The van der Waals surface area contributed by atoms with Crippen LogP contribution in [0.15, 0.2) is 47.6 Å². The smallest absolute Gasteiger partial charge is 0.303 e. The number of aromatic nitrogens is 2. The number of aliphatic carboxylic acids is 1. The summed E-state index contributed by atoms with van der Waals surface area (Å²) in [5, 5.41) is 14.8. The molecular formula is C13H15N3O4S. The summed E-state index contributed by atoms with van der Waals surface area (Å²) in [4.78, 5) is 10.7. The van der Waals surface area contributed by atoms with Crippen LogP contribution in [-0.2, 0) is 14.8 Å². The SMILES string of the molecule is O=C(O)CCC(NS(=O)(=O)c1cn[nH]c1)c1ccccc1. The molecule has 2 rings (SSSR count). The van der Waals surface area contributed by atoms with Gasteiger partial charge in [-0.25, -0.2) is 13.1 Å². The molecule has 3 N–H and O–H groups in total. The summed E-state index contributed by atoms with van der Waals surface area (Å²) in [7, 11) is -3.75. The van der Waals surface area contributed by atoms with Gasteiger partial charge < -0.3 is 5.11 Å². The first-order valence-corrected chi connectivity index (χ1v) is 7.75. The van der Waals surface area contributed by atoms with Crippen LogP contribution in [0.25, 0.3) is 0 Å². The number of rotatable bonds is 7. The van der Waals surface area contributed by atoms with Gasteiger partial charge in [-0.1, -0.05) is 30.3 Å². The van der Waals surface area contributed by atoms with Gasteiger partial charge in [0, 0.05) is 18.7 Å². The number of carbonyl (C=O) groups is 1. The Morgan fingerprint density at radius 1 is 1.33 bits per heavy atom. The van der Waals surface area contributed by atoms with E-state index in [0.717, 1.165) is 0 Å². The number of hydrogen-bond donors (Lipinski definition) is 3. The van der Waals surface area contributed by atoms with E-state index in [1.807, 2.05) is 6.07 Å². The molecule has 2 aromatic rings. The van der Waals surface area contributed by atoms with Crippen LogP contribution in [0.3, 0.4) is 0 Å². The Kier molecular flexibility index (Phi) is 4.71. The molecule has 0 aliphatic heterocycles. The molecule has 1 aromatic heterocycles. The zero-order chi connectivity index (χ0) is 15.3. The third-order valence-electron chi connectivity index (χ3n) is 2.93. The molecule has 0 radical (unpaired) electrons. The zero-order valence-electron chi connectivity index (χ0n) is 11.1. The molecule has 7 nitrogen and oxygen atoms in total. The first kappa shape index (κ1) is 15.2. The van der Waals surface area contributed by atoms with Gasteiger partial charge in [-0.3, -0.25) is 9.89 Å². The van der Waals surface area contributed by atoms with Gasteiger partial charge in [0.2, 0.25) is 10.0 Å². The van der Waals surface area contributed by atoms with Crippen LogP contribution < -0.4 is 4.72 Å². The molecule has 0 fully saturated rings. The molecule has 0 saturated carbocycles. The number of carboxylic acids is 1. The van der Waals surface area contributed by atoms with E-state index < -0.39 is 22.0 Å². The monoisotopic (exact) mass is 309 g/mol. The lowest BCUT2D eigenvalue weighted by molar-refractivity contribution is -0.137. The summed E-state index contributed by atoms with van der Waals surface area (Å²) in [6.07, 6.45) is 2.49. The average molecular weight is 309 g/mol. The van der Waals surface area contributed by atoms with Crippen molar-refractivity contribution in [2.75, 3.05) is 0 Å². The topological polar surface area (TPSA) is 112 Å². The van der Waals surface area contributed by atoms with Crippen molar-refractivity contribution in [1.29, 1.82) is 0 Å². The molecule has 0 saturated heterocycles. The normalized spacial score (nSPS) is 13.0. The Hall–Kier alpha value is -2.19. The molecule has 0 bridgehead atoms. The number of nitrogens with zero attached hydrogens (tertiary/aromatic N) is 1. The van der Waals surface area contributed by atoms with Gasteiger partial charge in [-0.05, 0) is 12.0 Å². The number of aromatic amines is 1. The summed E-state index contributed by atoms with van der Waals surface area (Å²) in [6.45, 7) is 0. The highest BCUT2D eigenvalue weighted by Crippen LogP contribution is 2.21. The largest absolute Gasteiger partial charge is 0.481 e. The molecule has 0 aliphatic rings. The van der Waals surface area contributed by atoms with Crippen LogP contribution in [0.5, 0.6) is 0 Å². The van der Waals surface area contributed by atoms with Gasteiger partial charge in [0.1, 0.15) is 4.90 Å². The van der Waals surface area contributed by atoms with Crippen molar-refractivity contribution in [2.24, 2.45) is 0 Å². The molecule has 1 unspecified atom stereocenters. The second-order valence-corrected chi connectivity index (χ2v) is 6.16. The molecule has 8 heteroatoms. The average Bonchev–Trinajstić information content (AvgIpc) is 2.99. The Bertz CT molecular complexity index is 683. The van der Waals surface area contributed by atoms with E-state index in [-0.39, 0.29) is 17.7 Å².